The standard InChI is InChI=1S/C25H23N2O/c1-15(2)18-10-12-21(27(4)14-18)22-16(3)9-11-20-23-19-8-6-5-7-17(19)13-26-25(23)28-24(20)22/h5-15H,1-4H3/q+1/i1D3,15D. The first-order valence-electron chi connectivity index (χ1n) is 11.3. The van der Waals surface area contributed by atoms with Crippen molar-refractivity contribution in [2.75, 3.05) is 0 Å². The molecule has 0 fully saturated rings. The largest absolute Gasteiger partial charge is 0.437 e. The molecule has 1 atom stereocenters. The molecule has 0 N–H and O–H groups in total. The third kappa shape index (κ3) is 2.43. The number of rotatable bonds is 2. The Labute approximate surface area is 169 Å². The molecular weight excluding hydrogens is 344 g/mol. The minimum absolute atomic E-state index is 0.436. The summed E-state index contributed by atoms with van der Waals surface area (Å²) in [4.78, 5) is 4.55. The van der Waals surface area contributed by atoms with E-state index in [0.717, 1.165) is 43.9 Å². The summed E-state index contributed by atoms with van der Waals surface area (Å²) in [5.74, 6) is -1.70. The van der Waals surface area contributed by atoms with Gasteiger partial charge in [0.15, 0.2) is 11.8 Å². The van der Waals surface area contributed by atoms with Gasteiger partial charge >= 0.3 is 0 Å². The van der Waals surface area contributed by atoms with Crippen LogP contribution in [0.25, 0.3) is 44.1 Å². The molecule has 138 valence electrons. The Kier molecular flexibility index (Phi) is 2.87. The van der Waals surface area contributed by atoms with E-state index in [4.69, 9.17) is 9.90 Å². The fourth-order valence-electron chi connectivity index (χ4n) is 3.97. The molecule has 0 aliphatic rings. The number of benzene rings is 2. The Bertz CT molecular complexity index is 1520. The number of pyridine rings is 2. The van der Waals surface area contributed by atoms with E-state index in [9.17, 15) is 0 Å². The summed E-state index contributed by atoms with van der Waals surface area (Å²) >= 11 is 0. The molecule has 28 heavy (non-hydrogen) atoms. The van der Waals surface area contributed by atoms with Crippen molar-refractivity contribution in [3.8, 4) is 11.3 Å². The summed E-state index contributed by atoms with van der Waals surface area (Å²) in [7, 11) is 1.86. The van der Waals surface area contributed by atoms with E-state index in [2.05, 4.69) is 23.2 Å². The maximum absolute atomic E-state index is 8.41. The Morgan fingerprint density at radius 3 is 2.79 bits per heavy atom. The summed E-state index contributed by atoms with van der Waals surface area (Å²) in [6.45, 7) is 1.03. The van der Waals surface area contributed by atoms with Gasteiger partial charge in [-0.05, 0) is 29.8 Å². The maximum Gasteiger partial charge on any atom is 0.227 e. The summed E-state index contributed by atoms with van der Waals surface area (Å²) in [6.07, 6.45) is 3.55. The molecule has 3 aromatic heterocycles. The lowest BCUT2D eigenvalue weighted by Crippen LogP contribution is -2.31. The zero-order chi connectivity index (χ0) is 22.8. The highest BCUT2D eigenvalue weighted by atomic mass is 16.3. The molecule has 0 saturated heterocycles. The smallest absolute Gasteiger partial charge is 0.227 e. The number of hydrogen-bond donors (Lipinski definition) is 0. The van der Waals surface area contributed by atoms with Crippen molar-refractivity contribution in [1.29, 1.82) is 0 Å². The zero-order valence-electron chi connectivity index (χ0n) is 20.1. The number of hydrogen-bond acceptors (Lipinski definition) is 2. The molecule has 0 amide bonds. The predicted octanol–water partition coefficient (Wildman–Crippen LogP) is 6.06. The molecule has 0 bridgehead atoms. The Balaban J connectivity index is 1.78. The molecule has 3 heteroatoms. The van der Waals surface area contributed by atoms with Crippen molar-refractivity contribution in [1.82, 2.24) is 4.98 Å². The van der Waals surface area contributed by atoms with Crippen LogP contribution in [-0.4, -0.2) is 4.98 Å². The minimum Gasteiger partial charge on any atom is -0.437 e. The van der Waals surface area contributed by atoms with Gasteiger partial charge in [-0.3, -0.25) is 0 Å². The molecule has 0 aliphatic heterocycles. The summed E-state index contributed by atoms with van der Waals surface area (Å²) < 4.78 is 39.8. The first-order chi connectivity index (χ1) is 15.1. The SMILES string of the molecule is [2H]C([2H])([2H])C([2H])(C)c1ccc(-c2c(C)ccc3c2oc2ncc4ccccc4c23)[n+](C)c1. The van der Waals surface area contributed by atoms with Crippen LogP contribution in [0.1, 0.15) is 36.3 Å². The Hall–Kier alpha value is -3.20. The molecular formula is C25H23N2O+. The molecule has 0 spiro atoms. The normalized spacial score (nSPS) is 16.5. The van der Waals surface area contributed by atoms with Crippen LogP contribution < -0.4 is 4.57 Å². The highest BCUT2D eigenvalue weighted by Crippen LogP contribution is 2.39. The Morgan fingerprint density at radius 2 is 1.96 bits per heavy atom. The third-order valence-electron chi connectivity index (χ3n) is 5.42. The second-order valence-electron chi connectivity index (χ2n) is 7.30. The van der Waals surface area contributed by atoms with E-state index in [1.165, 1.54) is 6.92 Å². The molecule has 0 radical (unpaired) electrons. The first kappa shape index (κ1) is 13.1. The first-order valence-corrected chi connectivity index (χ1v) is 9.30. The van der Waals surface area contributed by atoms with Gasteiger partial charge in [-0.2, -0.15) is 0 Å². The average molecular weight is 371 g/mol. The van der Waals surface area contributed by atoms with Crippen molar-refractivity contribution >= 4 is 32.8 Å². The number of aryl methyl sites for hydroxylation is 2. The van der Waals surface area contributed by atoms with Gasteiger partial charge in [-0.15, -0.1) is 0 Å². The lowest BCUT2D eigenvalue weighted by Gasteiger charge is -2.08. The van der Waals surface area contributed by atoms with Crippen molar-refractivity contribution in [2.45, 2.75) is 26.6 Å². The van der Waals surface area contributed by atoms with E-state index >= 15 is 0 Å². The van der Waals surface area contributed by atoms with Crippen molar-refractivity contribution in [2.24, 2.45) is 7.05 Å². The van der Waals surface area contributed by atoms with Crippen molar-refractivity contribution in [3.63, 3.8) is 0 Å². The fourth-order valence-corrected chi connectivity index (χ4v) is 3.97. The summed E-state index contributed by atoms with van der Waals surface area (Å²) in [5, 5.41) is 4.12. The second-order valence-corrected chi connectivity index (χ2v) is 7.30. The monoisotopic (exact) mass is 371 g/mol. The van der Waals surface area contributed by atoms with E-state index < -0.39 is 12.7 Å². The molecule has 1 unspecified atom stereocenters. The maximum atomic E-state index is 8.41. The predicted molar refractivity (Wildman–Crippen MR) is 114 cm³/mol. The van der Waals surface area contributed by atoms with Gasteiger partial charge in [0, 0.05) is 34.1 Å². The van der Waals surface area contributed by atoms with Gasteiger partial charge in [-0.25, -0.2) is 9.55 Å². The van der Waals surface area contributed by atoms with E-state index in [0.29, 0.717) is 11.3 Å². The van der Waals surface area contributed by atoms with E-state index in [-0.39, 0.29) is 0 Å². The van der Waals surface area contributed by atoms with Crippen LogP contribution in [0.2, 0.25) is 0 Å². The second kappa shape index (κ2) is 6.16. The van der Waals surface area contributed by atoms with Crippen LogP contribution in [0.3, 0.4) is 0 Å². The lowest BCUT2D eigenvalue weighted by atomic mass is 9.98. The molecule has 5 rings (SSSR count). The van der Waals surface area contributed by atoms with Gasteiger partial charge in [0.1, 0.15) is 7.05 Å². The van der Waals surface area contributed by atoms with Gasteiger partial charge in [0.25, 0.3) is 0 Å². The van der Waals surface area contributed by atoms with Crippen LogP contribution in [0.5, 0.6) is 0 Å². The van der Waals surface area contributed by atoms with Gasteiger partial charge in [-0.1, -0.05) is 50.2 Å². The van der Waals surface area contributed by atoms with Crippen molar-refractivity contribution in [3.05, 3.63) is 72.1 Å². The summed E-state index contributed by atoms with van der Waals surface area (Å²) in [6, 6.07) is 15.9. The number of fused-ring (bicyclic) bond motifs is 5. The van der Waals surface area contributed by atoms with E-state index in [1.807, 2.05) is 49.0 Å². The van der Waals surface area contributed by atoms with Gasteiger partial charge in [0.05, 0.1) is 10.9 Å². The van der Waals surface area contributed by atoms with Crippen LogP contribution in [0, 0.1) is 6.92 Å². The molecule has 5 aromatic rings. The highest BCUT2D eigenvalue weighted by Gasteiger charge is 2.22. The van der Waals surface area contributed by atoms with Crippen LogP contribution in [0.4, 0.5) is 0 Å². The van der Waals surface area contributed by atoms with Gasteiger partial charge in [0.2, 0.25) is 11.4 Å². The van der Waals surface area contributed by atoms with Crippen LogP contribution >= 0.6 is 0 Å². The highest BCUT2D eigenvalue weighted by molar-refractivity contribution is 6.19. The van der Waals surface area contributed by atoms with Gasteiger partial charge < -0.3 is 4.42 Å². The topological polar surface area (TPSA) is 29.9 Å². The van der Waals surface area contributed by atoms with Crippen LogP contribution in [0.15, 0.2) is 65.3 Å². The third-order valence-corrected chi connectivity index (χ3v) is 5.42. The average Bonchev–Trinajstić information content (AvgIpc) is 3.12. The Morgan fingerprint density at radius 1 is 1.11 bits per heavy atom. The fraction of sp³-hybridized carbons (Fsp3) is 0.200. The van der Waals surface area contributed by atoms with Crippen LogP contribution in [-0.2, 0) is 7.05 Å². The quantitative estimate of drug-likeness (QED) is 0.353. The molecule has 3 nitrogen and oxygen atoms in total. The lowest BCUT2D eigenvalue weighted by molar-refractivity contribution is -0.660. The van der Waals surface area contributed by atoms with E-state index in [1.54, 1.807) is 12.3 Å². The molecule has 3 heterocycles. The number of furan rings is 1. The minimum atomic E-state index is -2.43. The summed E-state index contributed by atoms with van der Waals surface area (Å²) in [5.41, 5.74) is 4.61. The number of aromatic nitrogens is 2. The molecule has 0 aliphatic carbocycles. The number of nitrogens with zero attached hydrogens (tertiary/aromatic N) is 2. The molecule has 2 aromatic carbocycles. The van der Waals surface area contributed by atoms with Crippen molar-refractivity contribution < 1.29 is 14.5 Å². The molecule has 0 saturated carbocycles. The zero-order valence-corrected chi connectivity index (χ0v) is 16.1.